The van der Waals surface area contributed by atoms with Crippen LogP contribution in [-0.2, 0) is 48.4 Å². The van der Waals surface area contributed by atoms with Gasteiger partial charge >= 0.3 is 35.5 Å². The lowest BCUT2D eigenvalue weighted by Crippen LogP contribution is -2.42. The van der Waals surface area contributed by atoms with Crippen molar-refractivity contribution in [3.8, 4) is 46.0 Å². The van der Waals surface area contributed by atoms with Crippen molar-refractivity contribution in [2.24, 2.45) is 0 Å². The molecule has 3 atom stereocenters. The number of likely N-dealkylation sites (tertiary alicyclic amines) is 2. The predicted molar refractivity (Wildman–Crippen MR) is 291 cm³/mol. The summed E-state index contributed by atoms with van der Waals surface area (Å²) >= 11 is 4.97. The lowest BCUT2D eigenvalue weighted by molar-refractivity contribution is -0.142. The number of aliphatic carboxylic acids is 2. The summed E-state index contributed by atoms with van der Waals surface area (Å²) in [4.78, 5) is 71.0. The van der Waals surface area contributed by atoms with Crippen LogP contribution in [-0.4, -0.2) is 141 Å². The molecule has 4 N–H and O–H groups in total. The Bertz CT molecular complexity index is 2680. The van der Waals surface area contributed by atoms with E-state index in [-0.39, 0.29) is 37.4 Å². The second-order valence-corrected chi connectivity index (χ2v) is 17.6. The molecular formula is C57H68ClN3O19. The van der Waals surface area contributed by atoms with Gasteiger partial charge in [-0.1, -0.05) is 91.0 Å². The molecule has 80 heavy (non-hydrogen) atoms. The minimum Gasteiger partial charge on any atom is -0.508 e. The number of hydrogen-bond donors (Lipinski definition) is 4. The molecule has 3 heterocycles. The number of phenols is 1. The average Bonchev–Trinajstić information content (AvgIpc) is 4.33. The molecule has 0 spiro atoms. The third-order valence-electron chi connectivity index (χ3n) is 12.0. The van der Waals surface area contributed by atoms with Crippen LogP contribution >= 0.6 is 11.6 Å². The molecular weight excluding hydrogens is 1070 g/mol. The highest BCUT2D eigenvalue weighted by Gasteiger charge is 2.37. The van der Waals surface area contributed by atoms with Gasteiger partial charge in [-0.05, 0) is 61.8 Å². The highest BCUT2D eigenvalue weighted by molar-refractivity contribution is 6.61. The van der Waals surface area contributed by atoms with Gasteiger partial charge in [-0.2, -0.15) is 0 Å². The molecule has 432 valence electrons. The van der Waals surface area contributed by atoms with E-state index >= 15 is 0 Å². The zero-order chi connectivity index (χ0) is 58.4. The number of carbonyl (C=O) groups is 6. The quantitative estimate of drug-likeness (QED) is 0.0310. The molecule has 3 saturated heterocycles. The molecule has 0 radical (unpaired) electrons. The van der Waals surface area contributed by atoms with Gasteiger partial charge in [0.2, 0.25) is 11.5 Å². The van der Waals surface area contributed by atoms with Crippen molar-refractivity contribution in [3.63, 3.8) is 0 Å². The molecule has 3 aliphatic rings. The number of amides is 2. The lowest BCUT2D eigenvalue weighted by atomic mass is 10.2. The molecule has 22 nitrogen and oxygen atoms in total. The van der Waals surface area contributed by atoms with Gasteiger partial charge in [-0.25, -0.2) is 24.0 Å². The van der Waals surface area contributed by atoms with Crippen molar-refractivity contribution in [1.82, 2.24) is 15.1 Å². The lowest BCUT2D eigenvalue weighted by Gasteiger charge is -2.23. The molecule has 0 aromatic heterocycles. The Morgan fingerprint density at radius 3 is 1.27 bits per heavy atom. The van der Waals surface area contributed by atoms with E-state index in [0.29, 0.717) is 73.3 Å². The summed E-state index contributed by atoms with van der Waals surface area (Å²) in [7, 11) is 8.95. The number of benzene rings is 5. The number of hydrogen-bond acceptors (Lipinski definition) is 18. The number of carboxylic acids is 2. The van der Waals surface area contributed by atoms with Crippen LogP contribution in [0, 0.1) is 0 Å². The number of methoxy groups -OCH3 is 6. The molecule has 23 heteroatoms. The Kier molecular flexibility index (Phi) is 27.4. The van der Waals surface area contributed by atoms with Gasteiger partial charge in [-0.3, -0.25) is 14.6 Å². The number of phenolic OH excluding ortho intramolecular Hbond substituents is 1. The number of nitrogens with one attached hydrogen (secondary N) is 1. The highest BCUT2D eigenvalue weighted by Crippen LogP contribution is 2.42. The van der Waals surface area contributed by atoms with Gasteiger partial charge < -0.3 is 68.0 Å². The van der Waals surface area contributed by atoms with Crippen LogP contribution in [0.5, 0.6) is 46.0 Å². The Morgan fingerprint density at radius 1 is 0.525 bits per heavy atom. The first-order valence-electron chi connectivity index (χ1n) is 25.1. The van der Waals surface area contributed by atoms with Crippen molar-refractivity contribution in [2.75, 3.05) is 62.3 Å². The molecule has 3 fully saturated rings. The molecule has 2 amide bonds. The van der Waals surface area contributed by atoms with Crippen molar-refractivity contribution >= 4 is 47.1 Å². The van der Waals surface area contributed by atoms with Gasteiger partial charge in [-0.15, -0.1) is 0 Å². The van der Waals surface area contributed by atoms with Gasteiger partial charge in [0.25, 0.3) is 0 Å². The summed E-state index contributed by atoms with van der Waals surface area (Å²) in [5.41, 5.74) is 1.92. The average molecular weight is 1130 g/mol. The molecule has 0 aliphatic carbocycles. The molecule has 8 rings (SSSR count). The summed E-state index contributed by atoms with van der Waals surface area (Å²) in [6.07, 6.45) is 3.09. The van der Waals surface area contributed by atoms with E-state index in [1.165, 1.54) is 76.7 Å². The number of rotatable bonds is 16. The van der Waals surface area contributed by atoms with E-state index in [2.05, 4.69) is 10.1 Å². The second-order valence-electron chi connectivity index (χ2n) is 17.3. The smallest absolute Gasteiger partial charge is 0.410 e. The second kappa shape index (κ2) is 34.3. The Morgan fingerprint density at radius 2 is 0.925 bits per heavy atom. The van der Waals surface area contributed by atoms with E-state index in [0.717, 1.165) is 36.1 Å². The van der Waals surface area contributed by atoms with Crippen LogP contribution in [0.4, 0.5) is 14.4 Å². The minimum atomic E-state index is -0.968. The van der Waals surface area contributed by atoms with Crippen LogP contribution in [0.2, 0.25) is 0 Å². The summed E-state index contributed by atoms with van der Waals surface area (Å²) in [6, 6.07) is 32.3. The number of nitrogens with zero attached hydrogens (tertiary/aromatic N) is 2. The zero-order valence-corrected chi connectivity index (χ0v) is 46.1. The third kappa shape index (κ3) is 20.6. The van der Waals surface area contributed by atoms with Gasteiger partial charge in [0, 0.05) is 49.0 Å². The van der Waals surface area contributed by atoms with Crippen LogP contribution in [0.15, 0.2) is 115 Å². The summed E-state index contributed by atoms with van der Waals surface area (Å²) < 4.78 is 51.4. The third-order valence-corrected chi connectivity index (χ3v) is 12.1. The zero-order valence-electron chi connectivity index (χ0n) is 45.3. The summed E-state index contributed by atoms with van der Waals surface area (Å²) in [5, 5.41) is 29.4. The monoisotopic (exact) mass is 1130 g/mol. The Hall–Kier alpha value is -8.63. The van der Waals surface area contributed by atoms with E-state index in [4.69, 9.17) is 64.4 Å². The fourth-order valence-corrected chi connectivity index (χ4v) is 8.11. The summed E-state index contributed by atoms with van der Waals surface area (Å²) in [6.45, 7) is 2.29. The van der Waals surface area contributed by atoms with Crippen LogP contribution in [0.1, 0.15) is 55.2 Å². The normalized spacial score (nSPS) is 15.6. The number of carboxylic acid groups (broad SMARTS) is 2. The molecule has 5 aromatic carbocycles. The number of carbonyl (C=O) groups excluding carboxylic acids is 4. The van der Waals surface area contributed by atoms with Gasteiger partial charge in [0.05, 0.1) is 42.7 Å². The largest absolute Gasteiger partial charge is 0.508 e. The standard InChI is InChI=1S/C22H25NO7.C13H15NO4.C9H12O4.C8H7ClO2.C5H9NO2/c1-26-18-12-16(13-19(27-2)20(18)28-3)30-21(24)17-10-7-11-23(17)22(25)29-14-15-8-5-4-6-9-15;15-12(16)11-7-4-8-14(11)13(17)18-9-10-5-2-1-3-6-10;1-11-7-4-6(10)5-8(12-2)9(7)13-3;9-8(10)11-6-7-4-2-1-3-5-7;7-5(8)4-2-1-3-6-4/h4-6,8-9,12-13,17H,7,10-11,14H2,1-3H3;1-3,5-6,11H,4,7-9H2,(H,15,16);4-5,10H,1-3H3;1-5H,6H2;4,6H,1-3H2,(H,7,8). The van der Waals surface area contributed by atoms with E-state index in [9.17, 15) is 33.9 Å². The van der Waals surface area contributed by atoms with Gasteiger partial charge in [0.1, 0.15) is 49.4 Å². The Balaban J connectivity index is 0.000000234. The first kappa shape index (κ1) is 63.9. The number of halogens is 1. The van der Waals surface area contributed by atoms with Crippen LogP contribution in [0.3, 0.4) is 0 Å². The van der Waals surface area contributed by atoms with Crippen molar-refractivity contribution in [1.29, 1.82) is 0 Å². The number of esters is 1. The maximum atomic E-state index is 12.8. The van der Waals surface area contributed by atoms with Crippen molar-refractivity contribution < 1.29 is 91.5 Å². The predicted octanol–water partition coefficient (Wildman–Crippen LogP) is 9.09. The van der Waals surface area contributed by atoms with Crippen molar-refractivity contribution in [2.45, 2.75) is 76.5 Å². The van der Waals surface area contributed by atoms with Crippen molar-refractivity contribution in [3.05, 3.63) is 132 Å². The first-order valence-corrected chi connectivity index (χ1v) is 25.5. The molecule has 0 saturated carbocycles. The minimum absolute atomic E-state index is 0.0782. The van der Waals surface area contributed by atoms with E-state index < -0.39 is 47.6 Å². The maximum absolute atomic E-state index is 12.8. The van der Waals surface area contributed by atoms with Crippen LogP contribution < -0.4 is 38.5 Å². The molecule has 3 unspecified atom stereocenters. The number of ether oxygens (including phenoxy) is 10. The van der Waals surface area contributed by atoms with Gasteiger partial charge in [0.15, 0.2) is 23.0 Å². The topological polar surface area (TPSA) is 274 Å². The highest BCUT2D eigenvalue weighted by atomic mass is 35.5. The first-order chi connectivity index (χ1) is 38.6. The number of aromatic hydroxyl groups is 1. The maximum Gasteiger partial charge on any atom is 0.410 e. The fourth-order valence-electron chi connectivity index (χ4n) is 8.05. The van der Waals surface area contributed by atoms with E-state index in [1.54, 1.807) is 0 Å². The van der Waals surface area contributed by atoms with E-state index in [1.807, 2.05) is 91.0 Å². The summed E-state index contributed by atoms with van der Waals surface area (Å²) in [5.74, 6) is 0.572. The molecule has 0 bridgehead atoms. The molecule has 3 aliphatic heterocycles. The Labute approximate surface area is 468 Å². The fraction of sp³-hybridized carbons (Fsp3) is 0.368. The SMILES string of the molecule is COc1cc(O)cc(OC)c1OC.COc1cc(OC(=O)C2CCCN2C(=O)OCc2ccccc2)cc(OC)c1OC.O=C(Cl)OCc1ccccc1.O=C(O)C1CCCN1.O=C(O)C1CCCN1C(=O)OCc1ccccc1. The molecule has 5 aromatic rings. The van der Waals surface area contributed by atoms with Crippen LogP contribution in [0.25, 0.3) is 0 Å².